The molecule has 1 unspecified atom stereocenters. The number of hydrogen-bond acceptors (Lipinski definition) is 3. The molecule has 2 aromatic heterocycles. The summed E-state index contributed by atoms with van der Waals surface area (Å²) in [5.41, 5.74) is 1.17. The molecule has 17 heavy (non-hydrogen) atoms. The van der Waals surface area contributed by atoms with E-state index in [1.54, 1.807) is 10.9 Å². The molecule has 0 aliphatic heterocycles. The Kier molecular flexibility index (Phi) is 3.76. The molecule has 0 aromatic carbocycles. The van der Waals surface area contributed by atoms with Crippen molar-refractivity contribution in [1.29, 1.82) is 0 Å². The zero-order valence-electron chi connectivity index (χ0n) is 10.2. The van der Waals surface area contributed by atoms with Crippen molar-refractivity contribution >= 4 is 17.5 Å². The Bertz CT molecular complexity index is 498. The number of rotatable bonds is 5. The van der Waals surface area contributed by atoms with Gasteiger partial charge in [-0.05, 0) is 26.0 Å². The van der Waals surface area contributed by atoms with Gasteiger partial charge in [0.25, 0.3) is 0 Å². The van der Waals surface area contributed by atoms with E-state index in [9.17, 15) is 0 Å². The quantitative estimate of drug-likeness (QED) is 0.879. The van der Waals surface area contributed by atoms with Crippen LogP contribution < -0.4 is 5.32 Å². The van der Waals surface area contributed by atoms with Crippen LogP contribution in [0.15, 0.2) is 31.1 Å². The van der Waals surface area contributed by atoms with Gasteiger partial charge in [-0.15, -0.1) is 11.3 Å². The highest BCUT2D eigenvalue weighted by molar-refractivity contribution is 7.12. The zero-order chi connectivity index (χ0) is 12.3. The molecule has 1 N–H and O–H groups in total. The Morgan fingerprint density at radius 1 is 1.59 bits per heavy atom. The van der Waals surface area contributed by atoms with Crippen LogP contribution in [0.4, 0.5) is 0 Å². The van der Waals surface area contributed by atoms with Gasteiger partial charge in [-0.3, -0.25) is 0 Å². The van der Waals surface area contributed by atoms with Gasteiger partial charge in [0.2, 0.25) is 0 Å². The zero-order valence-corrected chi connectivity index (χ0v) is 11.0. The van der Waals surface area contributed by atoms with Crippen molar-refractivity contribution in [3.8, 4) is 0 Å². The lowest BCUT2D eigenvalue weighted by molar-refractivity contribution is 0.583. The summed E-state index contributed by atoms with van der Waals surface area (Å²) < 4.78 is 1.72. The summed E-state index contributed by atoms with van der Waals surface area (Å²) in [4.78, 5) is 2.73. The second-order valence-electron chi connectivity index (χ2n) is 4.06. The molecular weight excluding hydrogens is 230 g/mol. The van der Waals surface area contributed by atoms with Crippen LogP contribution >= 0.6 is 11.3 Å². The molecule has 0 aliphatic rings. The van der Waals surface area contributed by atoms with Crippen molar-refractivity contribution in [1.82, 2.24) is 15.1 Å². The predicted molar refractivity (Wildman–Crippen MR) is 72.9 cm³/mol. The number of aryl methyl sites for hydroxylation is 1. The van der Waals surface area contributed by atoms with Gasteiger partial charge in [0.05, 0.1) is 6.20 Å². The topological polar surface area (TPSA) is 29.9 Å². The van der Waals surface area contributed by atoms with E-state index in [2.05, 4.69) is 43.0 Å². The molecular formula is C13H17N3S. The van der Waals surface area contributed by atoms with Crippen molar-refractivity contribution in [3.05, 3.63) is 46.4 Å². The first-order chi connectivity index (χ1) is 8.19. The molecule has 0 saturated carbocycles. The largest absolute Gasteiger partial charge is 0.305 e. The number of aromatic nitrogens is 2. The minimum absolute atomic E-state index is 0.376. The molecule has 0 radical (unpaired) electrons. The normalized spacial score (nSPS) is 12.6. The van der Waals surface area contributed by atoms with Crippen LogP contribution in [0.1, 0.15) is 28.3 Å². The number of hydrogen-bond donors (Lipinski definition) is 1. The van der Waals surface area contributed by atoms with Gasteiger partial charge in [-0.25, -0.2) is 4.68 Å². The number of nitrogens with one attached hydrogen (secondary N) is 1. The van der Waals surface area contributed by atoms with Gasteiger partial charge in [0.1, 0.15) is 0 Å². The van der Waals surface area contributed by atoms with Crippen molar-refractivity contribution in [2.45, 2.75) is 26.4 Å². The van der Waals surface area contributed by atoms with Gasteiger partial charge in [-0.1, -0.05) is 6.58 Å². The minimum atomic E-state index is 0.376. The second-order valence-corrected chi connectivity index (χ2v) is 5.38. The maximum absolute atomic E-state index is 4.15. The van der Waals surface area contributed by atoms with Crippen molar-refractivity contribution in [2.24, 2.45) is 0 Å². The van der Waals surface area contributed by atoms with Crippen LogP contribution in [0, 0.1) is 6.92 Å². The molecule has 0 aliphatic carbocycles. The SMILES string of the molecule is C=Cn1cc(CNC(C)c2ccc(C)s2)cn1. The van der Waals surface area contributed by atoms with E-state index < -0.39 is 0 Å². The van der Waals surface area contributed by atoms with E-state index in [4.69, 9.17) is 0 Å². The summed E-state index contributed by atoms with van der Waals surface area (Å²) in [6.45, 7) is 8.81. The Morgan fingerprint density at radius 2 is 2.41 bits per heavy atom. The maximum atomic E-state index is 4.15. The Balaban J connectivity index is 1.91. The summed E-state index contributed by atoms with van der Waals surface area (Å²) in [6.07, 6.45) is 5.53. The van der Waals surface area contributed by atoms with E-state index in [-0.39, 0.29) is 0 Å². The Morgan fingerprint density at radius 3 is 3.00 bits per heavy atom. The van der Waals surface area contributed by atoms with Gasteiger partial charge < -0.3 is 5.32 Å². The first-order valence-corrected chi connectivity index (χ1v) is 6.46. The molecule has 2 heterocycles. The summed E-state index contributed by atoms with van der Waals surface area (Å²) in [5.74, 6) is 0. The van der Waals surface area contributed by atoms with Crippen LogP contribution in [-0.4, -0.2) is 9.78 Å². The molecule has 4 heteroatoms. The molecule has 2 aromatic rings. The van der Waals surface area contributed by atoms with Gasteiger partial charge >= 0.3 is 0 Å². The van der Waals surface area contributed by atoms with E-state index >= 15 is 0 Å². The highest BCUT2D eigenvalue weighted by Gasteiger charge is 2.07. The summed E-state index contributed by atoms with van der Waals surface area (Å²) in [7, 11) is 0. The third kappa shape index (κ3) is 3.05. The van der Waals surface area contributed by atoms with Crippen LogP contribution in [0.3, 0.4) is 0 Å². The highest BCUT2D eigenvalue weighted by atomic mass is 32.1. The first-order valence-electron chi connectivity index (χ1n) is 5.64. The van der Waals surface area contributed by atoms with Crippen molar-refractivity contribution < 1.29 is 0 Å². The maximum Gasteiger partial charge on any atom is 0.0538 e. The summed E-state index contributed by atoms with van der Waals surface area (Å²) in [6, 6.07) is 4.72. The molecule has 0 saturated heterocycles. The van der Waals surface area contributed by atoms with E-state index in [1.807, 2.05) is 23.7 Å². The van der Waals surface area contributed by atoms with Crippen molar-refractivity contribution in [2.75, 3.05) is 0 Å². The molecule has 0 fully saturated rings. The lowest BCUT2D eigenvalue weighted by Gasteiger charge is -2.10. The fourth-order valence-corrected chi connectivity index (χ4v) is 2.53. The molecule has 1 atom stereocenters. The van der Waals surface area contributed by atoms with Crippen molar-refractivity contribution in [3.63, 3.8) is 0 Å². The molecule has 3 nitrogen and oxygen atoms in total. The summed E-state index contributed by atoms with van der Waals surface area (Å²) in [5, 5.41) is 7.64. The van der Waals surface area contributed by atoms with Gasteiger partial charge in [0, 0.05) is 40.3 Å². The van der Waals surface area contributed by atoms with E-state index in [1.165, 1.54) is 15.3 Å². The van der Waals surface area contributed by atoms with Crippen LogP contribution in [0.5, 0.6) is 0 Å². The second kappa shape index (κ2) is 5.29. The smallest absolute Gasteiger partial charge is 0.0538 e. The van der Waals surface area contributed by atoms with Crippen LogP contribution in [0.25, 0.3) is 6.20 Å². The molecule has 0 bridgehead atoms. The number of nitrogens with zero attached hydrogens (tertiary/aromatic N) is 2. The average molecular weight is 247 g/mol. The first kappa shape index (κ1) is 12.1. The molecule has 0 spiro atoms. The summed E-state index contributed by atoms with van der Waals surface area (Å²) >= 11 is 1.84. The standard InChI is InChI=1S/C13H17N3S/c1-4-16-9-12(8-15-16)7-14-11(3)13-6-5-10(2)17-13/h4-6,8-9,11,14H,1,7H2,2-3H3. The van der Waals surface area contributed by atoms with Crippen LogP contribution in [-0.2, 0) is 6.54 Å². The van der Waals surface area contributed by atoms with Gasteiger partial charge in [-0.2, -0.15) is 5.10 Å². The van der Waals surface area contributed by atoms with Gasteiger partial charge in [0.15, 0.2) is 0 Å². The molecule has 90 valence electrons. The Labute approximate surface area is 106 Å². The number of thiophene rings is 1. The lowest BCUT2D eigenvalue weighted by Crippen LogP contribution is -2.16. The minimum Gasteiger partial charge on any atom is -0.305 e. The third-order valence-electron chi connectivity index (χ3n) is 2.64. The predicted octanol–water partition coefficient (Wildman–Crippen LogP) is 3.20. The van der Waals surface area contributed by atoms with E-state index in [0.717, 1.165) is 6.54 Å². The lowest BCUT2D eigenvalue weighted by atomic mass is 10.2. The molecule has 2 rings (SSSR count). The third-order valence-corrected chi connectivity index (χ3v) is 3.83. The molecule has 0 amide bonds. The van der Waals surface area contributed by atoms with E-state index in [0.29, 0.717) is 6.04 Å². The van der Waals surface area contributed by atoms with Crippen LogP contribution in [0.2, 0.25) is 0 Å². The fourth-order valence-electron chi connectivity index (χ4n) is 1.63. The fraction of sp³-hybridized carbons (Fsp3) is 0.308. The Hall–Kier alpha value is -1.39. The average Bonchev–Trinajstić information content (AvgIpc) is 2.94. The highest BCUT2D eigenvalue weighted by Crippen LogP contribution is 2.22. The monoisotopic (exact) mass is 247 g/mol.